The Balaban J connectivity index is 1.98. The van der Waals surface area contributed by atoms with Gasteiger partial charge in [-0.25, -0.2) is 0 Å². The quantitative estimate of drug-likeness (QED) is 0.714. The average Bonchev–Trinajstić information content (AvgIpc) is 2.38. The van der Waals surface area contributed by atoms with Crippen LogP contribution in [-0.4, -0.2) is 0 Å². The first kappa shape index (κ1) is 11.7. The number of hydrogen-bond acceptors (Lipinski definition) is 0. The molecule has 0 saturated carbocycles. The molecule has 0 radical (unpaired) electrons. The van der Waals surface area contributed by atoms with Crippen molar-refractivity contribution in [1.29, 1.82) is 0 Å². The molecule has 0 saturated heterocycles. The third kappa shape index (κ3) is 3.32. The van der Waals surface area contributed by atoms with Crippen LogP contribution in [0.2, 0.25) is 0 Å². The molecule has 0 nitrogen and oxygen atoms in total. The van der Waals surface area contributed by atoms with Gasteiger partial charge in [-0.05, 0) is 36.5 Å². The Hall–Kier alpha value is -1.82. The molecule has 2 aromatic carbocycles. The Morgan fingerprint density at radius 3 is 1.88 bits per heavy atom. The molecule has 0 unspecified atom stereocenters. The summed E-state index contributed by atoms with van der Waals surface area (Å²) >= 11 is 0. The molecule has 2 aromatic rings. The number of hydrogen-bond donors (Lipinski definition) is 0. The van der Waals surface area contributed by atoms with Crippen LogP contribution < -0.4 is 0 Å². The van der Waals surface area contributed by atoms with Gasteiger partial charge in [0.25, 0.3) is 0 Å². The Morgan fingerprint density at radius 1 is 0.824 bits per heavy atom. The van der Waals surface area contributed by atoms with Crippen LogP contribution in [0.4, 0.5) is 0 Å². The Kier molecular flexibility index (Phi) is 3.77. The SMILES string of the molecule is C=C(C)c1ccc(CCc2ccccc2)cc1. The van der Waals surface area contributed by atoms with Crippen molar-refractivity contribution >= 4 is 5.57 Å². The molecule has 0 amide bonds. The first-order chi connectivity index (χ1) is 8.25. The molecular weight excluding hydrogens is 204 g/mol. The van der Waals surface area contributed by atoms with Gasteiger partial charge in [-0.3, -0.25) is 0 Å². The maximum absolute atomic E-state index is 3.95. The van der Waals surface area contributed by atoms with E-state index in [1.165, 1.54) is 16.7 Å². The summed E-state index contributed by atoms with van der Waals surface area (Å²) < 4.78 is 0. The second-order valence-electron chi connectivity index (χ2n) is 4.46. The van der Waals surface area contributed by atoms with Crippen molar-refractivity contribution in [3.63, 3.8) is 0 Å². The number of benzene rings is 2. The highest BCUT2D eigenvalue weighted by Gasteiger charge is 1.97. The molecule has 0 bridgehead atoms. The molecule has 2 rings (SSSR count). The van der Waals surface area contributed by atoms with E-state index in [1.54, 1.807) is 0 Å². The minimum absolute atomic E-state index is 1.10. The third-order valence-electron chi connectivity index (χ3n) is 2.99. The van der Waals surface area contributed by atoms with E-state index >= 15 is 0 Å². The monoisotopic (exact) mass is 222 g/mol. The summed E-state index contributed by atoms with van der Waals surface area (Å²) in [4.78, 5) is 0. The van der Waals surface area contributed by atoms with Crippen molar-refractivity contribution < 1.29 is 0 Å². The minimum atomic E-state index is 1.10. The molecule has 0 aliphatic carbocycles. The summed E-state index contributed by atoms with van der Waals surface area (Å²) in [7, 11) is 0. The lowest BCUT2D eigenvalue weighted by molar-refractivity contribution is 0.960. The zero-order chi connectivity index (χ0) is 12.1. The van der Waals surface area contributed by atoms with Crippen molar-refractivity contribution in [2.75, 3.05) is 0 Å². The summed E-state index contributed by atoms with van der Waals surface area (Å²) in [6, 6.07) is 19.3. The largest absolute Gasteiger partial charge is 0.0955 e. The van der Waals surface area contributed by atoms with Crippen LogP contribution in [0.25, 0.3) is 5.57 Å². The first-order valence-corrected chi connectivity index (χ1v) is 6.04. The minimum Gasteiger partial charge on any atom is -0.0955 e. The fourth-order valence-electron chi connectivity index (χ4n) is 1.89. The van der Waals surface area contributed by atoms with Crippen LogP contribution in [0.1, 0.15) is 23.6 Å². The summed E-state index contributed by atoms with van der Waals surface area (Å²) in [5.74, 6) is 0. The molecule has 17 heavy (non-hydrogen) atoms. The smallest absolute Gasteiger partial charge is 0.0233 e. The third-order valence-corrected chi connectivity index (χ3v) is 2.99. The number of allylic oxidation sites excluding steroid dienone is 1. The highest BCUT2D eigenvalue weighted by atomic mass is 14.0. The van der Waals surface area contributed by atoms with Crippen LogP contribution >= 0.6 is 0 Å². The Morgan fingerprint density at radius 2 is 1.35 bits per heavy atom. The van der Waals surface area contributed by atoms with Crippen LogP contribution in [0.15, 0.2) is 61.2 Å². The fraction of sp³-hybridized carbons (Fsp3) is 0.176. The van der Waals surface area contributed by atoms with Crippen LogP contribution in [0.3, 0.4) is 0 Å². The maximum Gasteiger partial charge on any atom is -0.0233 e. The standard InChI is InChI=1S/C17H18/c1-14(2)17-12-10-16(11-13-17)9-8-15-6-4-3-5-7-15/h3-7,10-13H,1,8-9H2,2H3. The molecule has 0 fully saturated rings. The maximum atomic E-state index is 3.95. The van der Waals surface area contributed by atoms with Crippen molar-refractivity contribution in [1.82, 2.24) is 0 Å². The van der Waals surface area contributed by atoms with Crippen molar-refractivity contribution in [3.8, 4) is 0 Å². The summed E-state index contributed by atoms with van der Waals surface area (Å²) in [5, 5.41) is 0. The van der Waals surface area contributed by atoms with Gasteiger partial charge in [0.1, 0.15) is 0 Å². The number of rotatable bonds is 4. The molecule has 0 aromatic heterocycles. The van der Waals surface area contributed by atoms with Gasteiger partial charge < -0.3 is 0 Å². The summed E-state index contributed by atoms with van der Waals surface area (Å²) in [6.07, 6.45) is 2.20. The van der Waals surface area contributed by atoms with E-state index in [2.05, 4.69) is 61.2 Å². The second-order valence-corrected chi connectivity index (χ2v) is 4.46. The number of aryl methyl sites for hydroxylation is 2. The highest BCUT2D eigenvalue weighted by molar-refractivity contribution is 5.61. The summed E-state index contributed by atoms with van der Waals surface area (Å²) in [6.45, 7) is 5.99. The highest BCUT2D eigenvalue weighted by Crippen LogP contribution is 2.14. The van der Waals surface area contributed by atoms with Gasteiger partial charge in [0, 0.05) is 0 Å². The molecule has 0 heteroatoms. The van der Waals surface area contributed by atoms with E-state index in [0.29, 0.717) is 0 Å². The zero-order valence-corrected chi connectivity index (χ0v) is 10.3. The lowest BCUT2D eigenvalue weighted by Gasteiger charge is -2.04. The summed E-state index contributed by atoms with van der Waals surface area (Å²) in [5.41, 5.74) is 5.14. The van der Waals surface area contributed by atoms with E-state index < -0.39 is 0 Å². The molecule has 0 aliphatic heterocycles. The van der Waals surface area contributed by atoms with Gasteiger partial charge >= 0.3 is 0 Å². The topological polar surface area (TPSA) is 0 Å². The van der Waals surface area contributed by atoms with E-state index in [1.807, 2.05) is 6.92 Å². The van der Waals surface area contributed by atoms with E-state index in [-0.39, 0.29) is 0 Å². The van der Waals surface area contributed by atoms with E-state index in [9.17, 15) is 0 Å². The lowest BCUT2D eigenvalue weighted by atomic mass is 10.0. The van der Waals surface area contributed by atoms with E-state index in [4.69, 9.17) is 0 Å². The molecular formula is C17H18. The molecule has 0 heterocycles. The van der Waals surface area contributed by atoms with Crippen molar-refractivity contribution in [3.05, 3.63) is 77.9 Å². The molecule has 0 spiro atoms. The molecule has 0 N–H and O–H groups in total. The zero-order valence-electron chi connectivity index (χ0n) is 10.3. The van der Waals surface area contributed by atoms with Crippen LogP contribution in [0, 0.1) is 0 Å². The Labute approximate surface area is 104 Å². The van der Waals surface area contributed by atoms with Gasteiger partial charge in [-0.15, -0.1) is 0 Å². The first-order valence-electron chi connectivity index (χ1n) is 6.04. The molecule has 86 valence electrons. The molecule has 0 aliphatic rings. The fourth-order valence-corrected chi connectivity index (χ4v) is 1.89. The predicted molar refractivity (Wildman–Crippen MR) is 75.0 cm³/mol. The van der Waals surface area contributed by atoms with Gasteiger partial charge in [0.15, 0.2) is 0 Å². The average molecular weight is 222 g/mol. The predicted octanol–water partition coefficient (Wildman–Crippen LogP) is 4.50. The van der Waals surface area contributed by atoms with Gasteiger partial charge in [0.05, 0.1) is 0 Å². The van der Waals surface area contributed by atoms with Gasteiger partial charge in [0.2, 0.25) is 0 Å². The van der Waals surface area contributed by atoms with Gasteiger partial charge in [-0.1, -0.05) is 66.7 Å². The lowest BCUT2D eigenvalue weighted by Crippen LogP contribution is -1.91. The second kappa shape index (κ2) is 5.49. The van der Waals surface area contributed by atoms with Crippen LogP contribution in [0.5, 0.6) is 0 Å². The normalized spacial score (nSPS) is 10.2. The van der Waals surface area contributed by atoms with Crippen molar-refractivity contribution in [2.24, 2.45) is 0 Å². The van der Waals surface area contributed by atoms with E-state index in [0.717, 1.165) is 18.4 Å². The van der Waals surface area contributed by atoms with Gasteiger partial charge in [-0.2, -0.15) is 0 Å². The van der Waals surface area contributed by atoms with Crippen molar-refractivity contribution in [2.45, 2.75) is 19.8 Å². The molecule has 0 atom stereocenters. The van der Waals surface area contributed by atoms with Crippen LogP contribution in [-0.2, 0) is 12.8 Å². The Bertz CT molecular complexity index is 477.